The van der Waals surface area contributed by atoms with Gasteiger partial charge in [0.2, 0.25) is 0 Å². The number of hydrogen-bond donors (Lipinski definition) is 0. The molecule has 0 heteroatoms. The zero-order valence-electron chi connectivity index (χ0n) is 29.3. The molecular weight excluding hydrogens is 504 g/mol. The Hall–Kier alpha value is -0.780. The molecule has 0 aliphatic rings. The summed E-state index contributed by atoms with van der Waals surface area (Å²) in [6, 6.07) is 10.3. The van der Waals surface area contributed by atoms with Gasteiger partial charge in [-0.15, -0.1) is 0 Å². The van der Waals surface area contributed by atoms with Crippen LogP contribution in [0.4, 0.5) is 0 Å². The lowest BCUT2D eigenvalue weighted by Gasteiger charge is -2.09. The first-order valence-corrected chi connectivity index (χ1v) is 19.9. The van der Waals surface area contributed by atoms with Crippen LogP contribution in [0.3, 0.4) is 0 Å². The van der Waals surface area contributed by atoms with E-state index in [4.69, 9.17) is 0 Å². The maximum atomic E-state index is 3.59. The molecule has 0 atom stereocenters. The molecule has 0 amide bonds. The summed E-state index contributed by atoms with van der Waals surface area (Å²) in [7, 11) is 0. The quantitative estimate of drug-likeness (QED) is 0.0710. The fourth-order valence-electron chi connectivity index (χ4n) is 6.69. The van der Waals surface area contributed by atoms with Gasteiger partial charge in [0.25, 0.3) is 0 Å². The van der Waals surface area contributed by atoms with Crippen LogP contribution in [0.2, 0.25) is 0 Å². The van der Waals surface area contributed by atoms with Gasteiger partial charge in [-0.3, -0.25) is 0 Å². The molecule has 0 nitrogen and oxygen atoms in total. The average Bonchev–Trinajstić information content (AvgIpc) is 3.01. The Bertz CT molecular complexity index is 576. The Labute approximate surface area is 267 Å². The Morgan fingerprint density at radius 2 is 0.643 bits per heavy atom. The smallest absolute Gasteiger partial charge is 0.0146 e. The molecule has 1 aromatic carbocycles. The molecule has 0 bridgehead atoms. The van der Waals surface area contributed by atoms with E-state index in [9.17, 15) is 0 Å². The van der Waals surface area contributed by atoms with E-state index in [2.05, 4.69) is 38.1 Å². The highest BCUT2D eigenvalue weighted by molar-refractivity contribution is 5.26. The van der Waals surface area contributed by atoms with Crippen molar-refractivity contribution in [2.45, 2.75) is 232 Å². The first-order valence-electron chi connectivity index (χ1n) is 19.9. The summed E-state index contributed by atoms with van der Waals surface area (Å²) in [6.07, 6.45) is 48.8. The van der Waals surface area contributed by atoms with Gasteiger partial charge >= 0.3 is 0 Å². The van der Waals surface area contributed by atoms with E-state index in [0.29, 0.717) is 0 Å². The third kappa shape index (κ3) is 26.8. The van der Waals surface area contributed by atoms with Crippen LogP contribution in [0.25, 0.3) is 0 Å². The normalized spacial score (nSPS) is 11.5. The minimum absolute atomic E-state index is 1.24. The van der Waals surface area contributed by atoms with Gasteiger partial charge in [0.05, 0.1) is 0 Å². The lowest BCUT2D eigenvalue weighted by atomic mass is 9.96. The van der Waals surface area contributed by atoms with E-state index in [1.165, 1.54) is 224 Å². The summed E-state index contributed by atoms with van der Waals surface area (Å²) >= 11 is 0. The fraction of sp³-hybridized carbons (Fsp3) is 0.857. The van der Waals surface area contributed by atoms with Gasteiger partial charge in [-0.1, -0.05) is 225 Å². The van der Waals surface area contributed by atoms with E-state index in [1.807, 2.05) is 0 Å². The topological polar surface area (TPSA) is 0 Å². The van der Waals surface area contributed by atoms with Crippen molar-refractivity contribution >= 4 is 0 Å². The molecule has 0 aromatic heterocycles. The maximum Gasteiger partial charge on any atom is -0.0146 e. The van der Waals surface area contributed by atoms with Gasteiger partial charge in [0.1, 0.15) is 0 Å². The molecule has 0 saturated carbocycles. The average molecular weight is 582 g/mol. The number of unbranched alkanes of at least 4 members (excludes halogenated alkanes) is 30. The standard InChI is InChI=1S/C42H77/c1-3-5-7-9-11-13-15-17-19-21-23-25-27-29-31-33-37-41-39-35-36-40-42(41)38-34-32-30-28-26-24-22-20-18-16-14-12-10-8-6-4-2/h35-36,39H,3-34,37-38H2,1-2H3. The van der Waals surface area contributed by atoms with Crippen LogP contribution < -0.4 is 0 Å². The molecule has 0 unspecified atom stereocenters. The molecular formula is C42H77. The molecule has 0 fully saturated rings. The summed E-state index contributed by atoms with van der Waals surface area (Å²) in [6.45, 7) is 4.61. The first-order chi connectivity index (χ1) is 20.9. The maximum absolute atomic E-state index is 3.59. The van der Waals surface area contributed by atoms with E-state index in [1.54, 1.807) is 5.56 Å². The second-order valence-electron chi connectivity index (χ2n) is 13.8. The summed E-state index contributed by atoms with van der Waals surface area (Å²) in [4.78, 5) is 0. The molecule has 1 aromatic rings. The Morgan fingerprint density at radius 1 is 0.357 bits per heavy atom. The van der Waals surface area contributed by atoms with E-state index >= 15 is 0 Å². The van der Waals surface area contributed by atoms with Crippen LogP contribution in [0.5, 0.6) is 0 Å². The van der Waals surface area contributed by atoms with Crippen molar-refractivity contribution in [3.63, 3.8) is 0 Å². The molecule has 0 aliphatic carbocycles. The highest BCUT2D eigenvalue weighted by atomic mass is 14.1. The lowest BCUT2D eigenvalue weighted by Crippen LogP contribution is -1.96. The van der Waals surface area contributed by atoms with Crippen LogP contribution in [0, 0.1) is 6.07 Å². The first kappa shape index (κ1) is 39.2. The SMILES string of the molecule is CCCCCCCCCCCCCCCCCCc1[c]cccc1CCCCCCCCCCCCCCCCCC. The molecule has 245 valence electrons. The van der Waals surface area contributed by atoms with Crippen molar-refractivity contribution in [2.75, 3.05) is 0 Å². The zero-order valence-corrected chi connectivity index (χ0v) is 29.3. The minimum Gasteiger partial charge on any atom is -0.0654 e. The van der Waals surface area contributed by atoms with Crippen LogP contribution in [0.1, 0.15) is 230 Å². The third-order valence-corrected chi connectivity index (χ3v) is 9.62. The summed E-state index contributed by atoms with van der Waals surface area (Å²) in [5, 5.41) is 0. The number of aryl methyl sites for hydroxylation is 2. The van der Waals surface area contributed by atoms with E-state index in [0.717, 1.165) is 0 Å². The summed E-state index contributed by atoms with van der Waals surface area (Å²) < 4.78 is 0. The molecule has 0 N–H and O–H groups in total. The van der Waals surface area contributed by atoms with Crippen LogP contribution in [0.15, 0.2) is 18.2 Å². The van der Waals surface area contributed by atoms with Crippen molar-refractivity contribution < 1.29 is 0 Å². The van der Waals surface area contributed by atoms with Crippen LogP contribution in [-0.2, 0) is 12.8 Å². The Morgan fingerprint density at radius 3 is 0.976 bits per heavy atom. The van der Waals surface area contributed by atoms with Crippen molar-refractivity contribution in [3.05, 3.63) is 35.4 Å². The molecule has 1 rings (SSSR count). The minimum atomic E-state index is 1.24. The molecule has 42 heavy (non-hydrogen) atoms. The molecule has 1 radical (unpaired) electrons. The van der Waals surface area contributed by atoms with Gasteiger partial charge in [-0.05, 0) is 42.9 Å². The van der Waals surface area contributed by atoms with E-state index < -0.39 is 0 Å². The number of rotatable bonds is 34. The van der Waals surface area contributed by atoms with Crippen molar-refractivity contribution in [1.82, 2.24) is 0 Å². The third-order valence-electron chi connectivity index (χ3n) is 9.62. The molecule has 0 spiro atoms. The Balaban J connectivity index is 1.88. The highest BCUT2D eigenvalue weighted by Gasteiger charge is 2.03. The predicted molar refractivity (Wildman–Crippen MR) is 192 cm³/mol. The highest BCUT2D eigenvalue weighted by Crippen LogP contribution is 2.19. The fourth-order valence-corrected chi connectivity index (χ4v) is 6.69. The van der Waals surface area contributed by atoms with Crippen molar-refractivity contribution in [3.8, 4) is 0 Å². The second-order valence-corrected chi connectivity index (χ2v) is 13.8. The zero-order chi connectivity index (χ0) is 30.0. The lowest BCUT2D eigenvalue weighted by molar-refractivity contribution is 0.528. The molecule has 0 aliphatic heterocycles. The Kier molecular flexibility index (Phi) is 30.9. The van der Waals surface area contributed by atoms with Crippen molar-refractivity contribution in [2.24, 2.45) is 0 Å². The monoisotopic (exact) mass is 582 g/mol. The summed E-state index contributed by atoms with van der Waals surface area (Å²) in [5.74, 6) is 0. The van der Waals surface area contributed by atoms with E-state index in [-0.39, 0.29) is 0 Å². The van der Waals surface area contributed by atoms with Gasteiger partial charge in [-0.25, -0.2) is 0 Å². The number of hydrogen-bond acceptors (Lipinski definition) is 0. The summed E-state index contributed by atoms with van der Waals surface area (Å²) in [5.41, 5.74) is 3.10. The van der Waals surface area contributed by atoms with Crippen LogP contribution in [-0.4, -0.2) is 0 Å². The van der Waals surface area contributed by atoms with Gasteiger partial charge in [0, 0.05) is 0 Å². The second kappa shape index (κ2) is 33.1. The van der Waals surface area contributed by atoms with Gasteiger partial charge in [-0.2, -0.15) is 0 Å². The van der Waals surface area contributed by atoms with Gasteiger partial charge in [0.15, 0.2) is 0 Å². The predicted octanol–water partition coefficient (Wildman–Crippen LogP) is 15.1. The molecule has 0 saturated heterocycles. The molecule has 0 heterocycles. The largest absolute Gasteiger partial charge is 0.0654 e. The van der Waals surface area contributed by atoms with Crippen LogP contribution >= 0.6 is 0 Å². The number of benzene rings is 1. The van der Waals surface area contributed by atoms with Gasteiger partial charge < -0.3 is 0 Å². The van der Waals surface area contributed by atoms with Crippen molar-refractivity contribution in [1.29, 1.82) is 0 Å².